The second-order valence-electron chi connectivity index (χ2n) is 4.40. The Morgan fingerprint density at radius 1 is 1.25 bits per heavy atom. The first kappa shape index (κ1) is 14.7. The third-order valence-corrected chi connectivity index (χ3v) is 4.33. The number of imidazole rings is 1. The van der Waals surface area contributed by atoms with Crippen LogP contribution in [-0.4, -0.2) is 32.0 Å². The van der Waals surface area contributed by atoms with Crippen LogP contribution in [0.5, 0.6) is 0 Å². The lowest BCUT2D eigenvalue weighted by Gasteiger charge is -2.07. The quantitative estimate of drug-likeness (QED) is 0.700. The van der Waals surface area contributed by atoms with Crippen LogP contribution in [-0.2, 0) is 23.0 Å². The van der Waals surface area contributed by atoms with E-state index in [1.165, 1.54) is 0 Å². The lowest BCUT2D eigenvalue weighted by molar-refractivity contribution is 0.581. The number of aromatic nitrogens is 2. The largest absolute Gasteiger partial charge is 0.348 e. The highest BCUT2D eigenvalue weighted by atomic mass is 32.2. The molecule has 0 saturated carbocycles. The van der Waals surface area contributed by atoms with Crippen molar-refractivity contribution in [1.29, 1.82) is 0 Å². The van der Waals surface area contributed by atoms with Crippen LogP contribution < -0.4 is 10.0 Å². The maximum Gasteiger partial charge on any atom is 0.240 e. The molecule has 0 saturated heterocycles. The molecule has 20 heavy (non-hydrogen) atoms. The number of nitrogens with zero attached hydrogens (tertiary/aromatic N) is 1. The highest BCUT2D eigenvalue weighted by molar-refractivity contribution is 7.89. The van der Waals surface area contributed by atoms with Crippen molar-refractivity contribution in [1.82, 2.24) is 20.0 Å². The van der Waals surface area contributed by atoms with E-state index in [9.17, 15) is 8.42 Å². The van der Waals surface area contributed by atoms with Gasteiger partial charge in [0.25, 0.3) is 0 Å². The molecule has 0 fully saturated rings. The summed E-state index contributed by atoms with van der Waals surface area (Å²) in [6.07, 6.45) is 3.84. The molecule has 108 valence electrons. The minimum absolute atomic E-state index is 0.280. The van der Waals surface area contributed by atoms with Crippen molar-refractivity contribution in [3.05, 3.63) is 48.0 Å². The maximum atomic E-state index is 12.1. The van der Waals surface area contributed by atoms with Crippen LogP contribution in [0.3, 0.4) is 0 Å². The number of hydrogen-bond acceptors (Lipinski definition) is 4. The maximum absolute atomic E-state index is 12.1. The predicted molar refractivity (Wildman–Crippen MR) is 76.7 cm³/mol. The van der Waals surface area contributed by atoms with Gasteiger partial charge in [0, 0.05) is 31.4 Å². The van der Waals surface area contributed by atoms with Crippen molar-refractivity contribution in [2.75, 3.05) is 13.6 Å². The number of aromatic amines is 1. The Balaban J connectivity index is 1.95. The van der Waals surface area contributed by atoms with Gasteiger partial charge >= 0.3 is 0 Å². The van der Waals surface area contributed by atoms with Gasteiger partial charge in [-0.3, -0.25) is 0 Å². The Labute approximate surface area is 118 Å². The molecule has 6 nitrogen and oxygen atoms in total. The van der Waals surface area contributed by atoms with E-state index in [1.54, 1.807) is 36.8 Å². The van der Waals surface area contributed by atoms with Crippen LogP contribution in [0.2, 0.25) is 0 Å². The summed E-state index contributed by atoms with van der Waals surface area (Å²) < 4.78 is 26.7. The summed E-state index contributed by atoms with van der Waals surface area (Å²) in [5.74, 6) is 0. The fourth-order valence-corrected chi connectivity index (χ4v) is 2.85. The van der Waals surface area contributed by atoms with Gasteiger partial charge < -0.3 is 10.3 Å². The second-order valence-corrected chi connectivity index (χ2v) is 6.17. The molecule has 3 N–H and O–H groups in total. The van der Waals surface area contributed by atoms with Crippen LogP contribution in [0, 0.1) is 0 Å². The molecule has 0 radical (unpaired) electrons. The summed E-state index contributed by atoms with van der Waals surface area (Å²) in [5.41, 5.74) is 1.95. The minimum atomic E-state index is -3.45. The van der Waals surface area contributed by atoms with Gasteiger partial charge in [0.2, 0.25) is 10.0 Å². The molecular formula is C13H18N4O2S. The summed E-state index contributed by atoms with van der Waals surface area (Å²) >= 11 is 0. The summed E-state index contributed by atoms with van der Waals surface area (Å²) in [7, 11) is -1.60. The molecule has 0 bridgehead atoms. The zero-order valence-corrected chi connectivity index (χ0v) is 12.1. The second kappa shape index (κ2) is 6.65. The van der Waals surface area contributed by atoms with Gasteiger partial charge in [-0.15, -0.1) is 0 Å². The zero-order valence-electron chi connectivity index (χ0n) is 11.3. The van der Waals surface area contributed by atoms with Crippen LogP contribution in [0.25, 0.3) is 0 Å². The Morgan fingerprint density at radius 2 is 2.00 bits per heavy atom. The smallest absolute Gasteiger partial charge is 0.240 e. The van der Waals surface area contributed by atoms with E-state index in [0.29, 0.717) is 19.5 Å². The zero-order chi connectivity index (χ0) is 14.4. The Bertz CT molecular complexity index is 621. The topological polar surface area (TPSA) is 86.9 Å². The molecule has 1 heterocycles. The summed E-state index contributed by atoms with van der Waals surface area (Å²) in [6, 6.07) is 6.84. The van der Waals surface area contributed by atoms with E-state index in [4.69, 9.17) is 0 Å². The monoisotopic (exact) mass is 294 g/mol. The fraction of sp³-hybridized carbons (Fsp3) is 0.308. The third kappa shape index (κ3) is 3.89. The molecular weight excluding hydrogens is 276 g/mol. The molecule has 0 unspecified atom stereocenters. The molecule has 0 aliphatic carbocycles. The van der Waals surface area contributed by atoms with Crippen LogP contribution >= 0.6 is 0 Å². The third-order valence-electron chi connectivity index (χ3n) is 2.86. The van der Waals surface area contributed by atoms with E-state index >= 15 is 0 Å². The Kier molecular flexibility index (Phi) is 4.89. The van der Waals surface area contributed by atoms with Crippen LogP contribution in [0.15, 0.2) is 41.7 Å². The SMILES string of the molecule is CNCc1ccc(S(=O)(=O)NCCc2cnc[nH]2)cc1. The summed E-state index contributed by atoms with van der Waals surface area (Å²) in [5, 5.41) is 3.02. The Morgan fingerprint density at radius 3 is 2.60 bits per heavy atom. The van der Waals surface area contributed by atoms with Gasteiger partial charge in [-0.2, -0.15) is 0 Å². The van der Waals surface area contributed by atoms with Crippen molar-refractivity contribution >= 4 is 10.0 Å². The van der Waals surface area contributed by atoms with Crippen molar-refractivity contribution in [2.45, 2.75) is 17.9 Å². The lowest BCUT2D eigenvalue weighted by atomic mass is 10.2. The van der Waals surface area contributed by atoms with Crippen molar-refractivity contribution in [3.63, 3.8) is 0 Å². The van der Waals surface area contributed by atoms with Crippen molar-refractivity contribution in [3.8, 4) is 0 Å². The molecule has 1 aromatic carbocycles. The number of nitrogens with one attached hydrogen (secondary N) is 3. The standard InChI is InChI=1S/C13H18N4O2S/c1-14-8-11-2-4-13(5-3-11)20(18,19)17-7-6-12-9-15-10-16-12/h2-5,9-10,14,17H,6-8H2,1H3,(H,15,16). The van der Waals surface area contributed by atoms with E-state index in [-0.39, 0.29) is 4.90 Å². The molecule has 0 aliphatic rings. The first-order valence-corrected chi connectivity index (χ1v) is 7.80. The molecule has 7 heteroatoms. The average Bonchev–Trinajstić information content (AvgIpc) is 2.93. The number of rotatable bonds is 7. The first-order chi connectivity index (χ1) is 9.62. The van der Waals surface area contributed by atoms with Crippen LogP contribution in [0.1, 0.15) is 11.3 Å². The van der Waals surface area contributed by atoms with Gasteiger partial charge in [-0.1, -0.05) is 12.1 Å². The number of hydrogen-bond donors (Lipinski definition) is 3. The average molecular weight is 294 g/mol. The van der Waals surface area contributed by atoms with E-state index < -0.39 is 10.0 Å². The fourth-order valence-electron chi connectivity index (χ4n) is 1.82. The lowest BCUT2D eigenvalue weighted by Crippen LogP contribution is -2.26. The van der Waals surface area contributed by atoms with Crippen molar-refractivity contribution < 1.29 is 8.42 Å². The Hall–Kier alpha value is -1.70. The van der Waals surface area contributed by atoms with Gasteiger partial charge in [0.1, 0.15) is 0 Å². The predicted octanol–water partition coefficient (Wildman–Crippen LogP) is 0.650. The molecule has 0 spiro atoms. The normalized spacial score (nSPS) is 11.7. The number of H-pyrrole nitrogens is 1. The van der Waals surface area contributed by atoms with Crippen LogP contribution in [0.4, 0.5) is 0 Å². The highest BCUT2D eigenvalue weighted by Crippen LogP contribution is 2.10. The molecule has 2 rings (SSSR count). The van der Waals surface area contributed by atoms with Gasteiger partial charge in [0.05, 0.1) is 11.2 Å². The minimum Gasteiger partial charge on any atom is -0.348 e. The molecule has 0 aliphatic heterocycles. The first-order valence-electron chi connectivity index (χ1n) is 6.32. The van der Waals surface area contributed by atoms with Gasteiger partial charge in [-0.25, -0.2) is 18.1 Å². The van der Waals surface area contributed by atoms with Gasteiger partial charge in [0.15, 0.2) is 0 Å². The number of benzene rings is 1. The van der Waals surface area contributed by atoms with E-state index in [0.717, 1.165) is 11.3 Å². The molecule has 0 atom stereocenters. The molecule has 0 amide bonds. The van der Waals surface area contributed by atoms with E-state index in [1.807, 2.05) is 7.05 Å². The number of sulfonamides is 1. The highest BCUT2D eigenvalue weighted by Gasteiger charge is 2.13. The van der Waals surface area contributed by atoms with Crippen molar-refractivity contribution in [2.24, 2.45) is 0 Å². The molecule has 2 aromatic rings. The van der Waals surface area contributed by atoms with Gasteiger partial charge in [-0.05, 0) is 24.7 Å². The molecule has 1 aromatic heterocycles. The summed E-state index contributed by atoms with van der Waals surface area (Å²) in [4.78, 5) is 7.10. The summed E-state index contributed by atoms with van der Waals surface area (Å²) in [6.45, 7) is 1.05. The van der Waals surface area contributed by atoms with E-state index in [2.05, 4.69) is 20.0 Å².